The number of nitrogens with one attached hydrogen (secondary N) is 1. The number of carbonyl (C=O) groups excluding carboxylic acids is 2. The molecule has 44 heavy (non-hydrogen) atoms. The molecule has 1 aliphatic heterocycles. The quantitative estimate of drug-likeness (QED) is 0.248. The zero-order valence-corrected chi connectivity index (χ0v) is 25.8. The van der Waals surface area contributed by atoms with Gasteiger partial charge < -0.3 is 29.6 Å². The van der Waals surface area contributed by atoms with E-state index in [-0.39, 0.29) is 37.9 Å². The maximum atomic E-state index is 13.7. The van der Waals surface area contributed by atoms with Gasteiger partial charge in [-0.05, 0) is 89.6 Å². The Morgan fingerprint density at radius 2 is 1.64 bits per heavy atom. The molecule has 5 rings (SSSR count). The van der Waals surface area contributed by atoms with Crippen LogP contribution in [0.1, 0.15) is 33.5 Å². The summed E-state index contributed by atoms with van der Waals surface area (Å²) in [5.74, 6) is -0.180. The molecule has 0 saturated heterocycles. The van der Waals surface area contributed by atoms with Crippen molar-refractivity contribution >= 4 is 29.3 Å². The van der Waals surface area contributed by atoms with Crippen LogP contribution in [0.15, 0.2) is 84.9 Å². The number of thioether (sulfide) groups is 1. The summed E-state index contributed by atoms with van der Waals surface area (Å²) < 4.78 is 24.8. The SMILES string of the molecule is CSCCC(NC(=O)c1ccc(CN(Cc2ccc(F)cc2)c2ccc3c(c2)OCO3)cc1-c1ccccc1C)C(=O)[O-].[Li+]. The average molecular weight is 607 g/mol. The third kappa shape index (κ3) is 7.97. The molecule has 7 nitrogen and oxygen atoms in total. The molecule has 0 radical (unpaired) electrons. The standard InChI is InChI=1S/C34H33FN2O5S.Li/c1-22-5-3-4-6-27(22)29-17-24(9-13-28(29)33(38)36-30(34(39)40)15-16-43-2)20-37(19-23-7-10-25(35)11-8-23)26-12-14-31-32(18-26)42-21-41-31;/h3-14,17-18,30H,15-16,19-21H2,1-2H3,(H,36,38)(H,39,40);/q;+1/p-1. The van der Waals surface area contributed by atoms with Crippen LogP contribution in [0, 0.1) is 12.7 Å². The second-order valence-electron chi connectivity index (χ2n) is 10.3. The maximum Gasteiger partial charge on any atom is 1.00 e. The molecule has 1 heterocycles. The number of carboxylic acids is 1. The average Bonchev–Trinajstić information content (AvgIpc) is 3.48. The number of anilines is 1. The van der Waals surface area contributed by atoms with Crippen LogP contribution in [0.2, 0.25) is 0 Å². The summed E-state index contributed by atoms with van der Waals surface area (Å²) in [6.45, 7) is 3.09. The largest absolute Gasteiger partial charge is 1.00 e. The van der Waals surface area contributed by atoms with Crippen molar-refractivity contribution in [3.8, 4) is 22.6 Å². The number of aliphatic carboxylic acids is 1. The third-order valence-corrected chi connectivity index (χ3v) is 7.99. The van der Waals surface area contributed by atoms with E-state index in [1.54, 1.807) is 18.2 Å². The molecular weight excluding hydrogens is 574 g/mol. The first-order valence-corrected chi connectivity index (χ1v) is 15.3. The molecule has 1 atom stereocenters. The van der Waals surface area contributed by atoms with Crippen LogP contribution < -0.4 is 43.7 Å². The predicted molar refractivity (Wildman–Crippen MR) is 165 cm³/mol. The Labute approximate surface area is 272 Å². The van der Waals surface area contributed by atoms with Crippen LogP contribution in [-0.4, -0.2) is 36.7 Å². The van der Waals surface area contributed by atoms with E-state index in [9.17, 15) is 19.1 Å². The molecule has 0 spiro atoms. The Morgan fingerprint density at radius 3 is 2.36 bits per heavy atom. The number of hydrogen-bond acceptors (Lipinski definition) is 7. The molecule has 1 amide bonds. The molecule has 0 bridgehead atoms. The van der Waals surface area contributed by atoms with Crippen molar-refractivity contribution in [1.82, 2.24) is 5.32 Å². The second-order valence-corrected chi connectivity index (χ2v) is 11.3. The molecule has 0 aliphatic carbocycles. The second kappa shape index (κ2) is 15.2. The fraction of sp³-hybridized carbons (Fsp3) is 0.235. The molecule has 1 unspecified atom stereocenters. The molecule has 222 valence electrons. The van der Waals surface area contributed by atoms with Crippen molar-refractivity contribution in [3.63, 3.8) is 0 Å². The molecule has 1 aliphatic rings. The van der Waals surface area contributed by atoms with Gasteiger partial charge in [0, 0.05) is 30.4 Å². The number of nitrogens with zero attached hydrogens (tertiary/aromatic N) is 1. The van der Waals surface area contributed by atoms with Crippen LogP contribution in [0.5, 0.6) is 11.5 Å². The first kappa shape index (κ1) is 33.0. The Bertz CT molecular complexity index is 1620. The van der Waals surface area contributed by atoms with Crippen LogP contribution in [-0.2, 0) is 17.9 Å². The van der Waals surface area contributed by atoms with Gasteiger partial charge in [0.05, 0.1) is 12.0 Å². The van der Waals surface area contributed by atoms with Crippen molar-refractivity contribution in [1.29, 1.82) is 0 Å². The van der Waals surface area contributed by atoms with Gasteiger partial charge in [0.25, 0.3) is 5.91 Å². The van der Waals surface area contributed by atoms with E-state index in [4.69, 9.17) is 9.47 Å². The number of carbonyl (C=O) groups is 2. The van der Waals surface area contributed by atoms with Crippen molar-refractivity contribution in [3.05, 3.63) is 113 Å². The van der Waals surface area contributed by atoms with Crippen LogP contribution in [0.3, 0.4) is 0 Å². The molecule has 0 fully saturated rings. The van der Waals surface area contributed by atoms with Gasteiger partial charge in [-0.1, -0.05) is 42.5 Å². The zero-order valence-electron chi connectivity index (χ0n) is 25.0. The van der Waals surface area contributed by atoms with Gasteiger partial charge >= 0.3 is 18.9 Å². The zero-order chi connectivity index (χ0) is 30.3. The molecule has 4 aromatic carbocycles. The Kier molecular flexibility index (Phi) is 11.4. The number of fused-ring (bicyclic) bond motifs is 1. The number of aryl methyl sites for hydroxylation is 1. The van der Waals surface area contributed by atoms with Crippen molar-refractivity contribution in [2.45, 2.75) is 32.5 Å². The van der Waals surface area contributed by atoms with E-state index in [0.29, 0.717) is 41.5 Å². The summed E-state index contributed by atoms with van der Waals surface area (Å²) in [5, 5.41) is 14.4. The Balaban J connectivity index is 0.00000442. The summed E-state index contributed by atoms with van der Waals surface area (Å²) >= 11 is 1.51. The van der Waals surface area contributed by atoms with E-state index in [1.165, 1.54) is 23.9 Å². The van der Waals surface area contributed by atoms with Crippen LogP contribution in [0.25, 0.3) is 11.1 Å². The van der Waals surface area contributed by atoms with Crippen molar-refractivity contribution in [2.24, 2.45) is 0 Å². The first-order chi connectivity index (χ1) is 20.8. The first-order valence-electron chi connectivity index (χ1n) is 13.9. The van der Waals surface area contributed by atoms with E-state index in [2.05, 4.69) is 10.2 Å². The molecule has 0 saturated carbocycles. The monoisotopic (exact) mass is 606 g/mol. The normalized spacial score (nSPS) is 12.2. The van der Waals surface area contributed by atoms with Gasteiger partial charge in [-0.2, -0.15) is 11.8 Å². The van der Waals surface area contributed by atoms with Gasteiger partial charge in [0.1, 0.15) is 5.82 Å². The van der Waals surface area contributed by atoms with E-state index in [1.807, 2.05) is 67.8 Å². The minimum absolute atomic E-state index is 0. The summed E-state index contributed by atoms with van der Waals surface area (Å²) in [6.07, 6.45) is 2.15. The summed E-state index contributed by atoms with van der Waals surface area (Å²) in [6, 6.07) is 24.4. The summed E-state index contributed by atoms with van der Waals surface area (Å²) in [5.41, 5.74) is 5.66. The van der Waals surface area contributed by atoms with Crippen molar-refractivity contribution < 1.29 is 47.4 Å². The Morgan fingerprint density at radius 1 is 0.932 bits per heavy atom. The smallest absolute Gasteiger partial charge is 0.548 e. The van der Waals surface area contributed by atoms with Crippen LogP contribution >= 0.6 is 11.8 Å². The fourth-order valence-corrected chi connectivity index (χ4v) is 5.53. The number of amides is 1. The molecular formula is C34H32FLiN2O5S. The van der Waals surface area contributed by atoms with E-state index in [0.717, 1.165) is 27.9 Å². The fourth-order valence-electron chi connectivity index (χ4n) is 5.06. The topological polar surface area (TPSA) is 90.9 Å². The number of carboxylic acid groups (broad SMARTS) is 1. The number of ether oxygens (including phenoxy) is 2. The van der Waals surface area contributed by atoms with Gasteiger partial charge in [0.15, 0.2) is 11.5 Å². The summed E-state index contributed by atoms with van der Waals surface area (Å²) in [7, 11) is 0. The number of halogens is 1. The maximum absolute atomic E-state index is 13.7. The van der Waals surface area contributed by atoms with Gasteiger partial charge in [-0.15, -0.1) is 0 Å². The molecule has 4 aromatic rings. The van der Waals surface area contributed by atoms with Crippen molar-refractivity contribution in [2.75, 3.05) is 23.7 Å². The number of benzene rings is 4. The predicted octanol–water partition coefficient (Wildman–Crippen LogP) is 2.34. The number of rotatable bonds is 12. The minimum atomic E-state index is -1.31. The minimum Gasteiger partial charge on any atom is -0.548 e. The molecule has 1 N–H and O–H groups in total. The number of hydrogen-bond donors (Lipinski definition) is 1. The van der Waals surface area contributed by atoms with E-state index < -0.39 is 17.9 Å². The third-order valence-electron chi connectivity index (χ3n) is 7.35. The summed E-state index contributed by atoms with van der Waals surface area (Å²) in [4.78, 5) is 27.4. The van der Waals surface area contributed by atoms with Gasteiger partial charge in [-0.3, -0.25) is 4.79 Å². The molecule has 10 heteroatoms. The molecule has 0 aromatic heterocycles. The Hall–Kier alpha value is -3.90. The van der Waals surface area contributed by atoms with Gasteiger partial charge in [0.2, 0.25) is 6.79 Å². The van der Waals surface area contributed by atoms with Gasteiger partial charge in [-0.25, -0.2) is 4.39 Å². The van der Waals surface area contributed by atoms with Crippen LogP contribution in [0.4, 0.5) is 10.1 Å². The van der Waals surface area contributed by atoms with E-state index >= 15 is 0 Å².